The molecule has 25 heavy (non-hydrogen) atoms. The van der Waals surface area contributed by atoms with E-state index in [1.54, 1.807) is 0 Å². The maximum absolute atomic E-state index is 4.66. The van der Waals surface area contributed by atoms with E-state index in [2.05, 4.69) is 66.0 Å². The molecule has 4 rings (SSSR count). The average molecular weight is 354 g/mol. The van der Waals surface area contributed by atoms with E-state index < -0.39 is 0 Å². The Labute approximate surface area is 155 Å². The van der Waals surface area contributed by atoms with Crippen LogP contribution in [0.1, 0.15) is 42.5 Å². The molecule has 0 bridgehead atoms. The standard InChI is InChI=1S/C21H27N3S/c1-15(2)16-6-7-20-18(13-16)19(24-11-9-23(3)10-12-24)14-17-5-4-8-22-21(17)25-20/h4-8,13,15,19H,9-12,14H2,1-3H3/t19-/m1/s1. The van der Waals surface area contributed by atoms with Crippen LogP contribution in [0.25, 0.3) is 0 Å². The fraction of sp³-hybridized carbons (Fsp3) is 0.476. The van der Waals surface area contributed by atoms with Crippen molar-refractivity contribution in [3.05, 3.63) is 53.2 Å². The van der Waals surface area contributed by atoms with Gasteiger partial charge in [0.05, 0.1) is 0 Å². The zero-order valence-corrected chi connectivity index (χ0v) is 16.2. The van der Waals surface area contributed by atoms with E-state index in [1.807, 2.05) is 18.0 Å². The van der Waals surface area contributed by atoms with Crippen LogP contribution in [0.5, 0.6) is 0 Å². The highest BCUT2D eigenvalue weighted by molar-refractivity contribution is 7.99. The first kappa shape index (κ1) is 17.1. The summed E-state index contributed by atoms with van der Waals surface area (Å²) in [5.41, 5.74) is 4.33. The molecule has 0 aliphatic carbocycles. The van der Waals surface area contributed by atoms with E-state index in [-0.39, 0.29) is 0 Å². The van der Waals surface area contributed by atoms with E-state index in [0.717, 1.165) is 32.6 Å². The Kier molecular flexibility index (Phi) is 4.85. The monoisotopic (exact) mass is 353 g/mol. The summed E-state index contributed by atoms with van der Waals surface area (Å²) in [6.07, 6.45) is 2.98. The topological polar surface area (TPSA) is 19.4 Å². The molecule has 0 spiro atoms. The molecule has 2 aliphatic heterocycles. The number of benzene rings is 1. The molecule has 0 unspecified atom stereocenters. The molecule has 0 radical (unpaired) electrons. The van der Waals surface area contributed by atoms with Crippen LogP contribution < -0.4 is 0 Å². The van der Waals surface area contributed by atoms with E-state index in [1.165, 1.54) is 26.6 Å². The summed E-state index contributed by atoms with van der Waals surface area (Å²) in [6.45, 7) is 9.17. The van der Waals surface area contributed by atoms with Gasteiger partial charge in [-0.1, -0.05) is 43.8 Å². The van der Waals surface area contributed by atoms with Gasteiger partial charge in [0, 0.05) is 43.3 Å². The highest BCUT2D eigenvalue weighted by atomic mass is 32.2. The number of fused-ring (bicyclic) bond motifs is 2. The quantitative estimate of drug-likeness (QED) is 0.805. The largest absolute Gasteiger partial charge is 0.304 e. The second-order valence-electron chi connectivity index (χ2n) is 7.58. The molecule has 0 saturated carbocycles. The van der Waals surface area contributed by atoms with Gasteiger partial charge in [-0.25, -0.2) is 4.98 Å². The van der Waals surface area contributed by atoms with Crippen molar-refractivity contribution in [2.75, 3.05) is 33.2 Å². The molecular formula is C21H27N3S. The molecule has 0 N–H and O–H groups in total. The fourth-order valence-electron chi connectivity index (χ4n) is 3.83. The summed E-state index contributed by atoms with van der Waals surface area (Å²) in [6, 6.07) is 11.9. The van der Waals surface area contributed by atoms with E-state index in [0.29, 0.717) is 12.0 Å². The zero-order valence-electron chi connectivity index (χ0n) is 15.4. The highest BCUT2D eigenvalue weighted by Gasteiger charge is 2.30. The van der Waals surface area contributed by atoms with Gasteiger partial charge < -0.3 is 4.90 Å². The molecule has 132 valence electrons. The molecule has 1 aromatic carbocycles. The normalized spacial score (nSPS) is 21.7. The number of piperazine rings is 1. The summed E-state index contributed by atoms with van der Waals surface area (Å²) >= 11 is 1.84. The van der Waals surface area contributed by atoms with Gasteiger partial charge in [-0.3, -0.25) is 4.90 Å². The first-order valence-electron chi connectivity index (χ1n) is 9.30. The van der Waals surface area contributed by atoms with Gasteiger partial charge in [-0.05, 0) is 48.2 Å². The molecule has 4 heteroatoms. The summed E-state index contributed by atoms with van der Waals surface area (Å²) in [4.78, 5) is 11.2. The van der Waals surface area contributed by atoms with E-state index in [4.69, 9.17) is 0 Å². The third-order valence-corrected chi connectivity index (χ3v) is 6.66. The number of rotatable bonds is 2. The summed E-state index contributed by atoms with van der Waals surface area (Å²) in [5, 5.41) is 1.18. The molecular weight excluding hydrogens is 326 g/mol. The van der Waals surface area contributed by atoms with Gasteiger partial charge in [0.15, 0.2) is 0 Å². The lowest BCUT2D eigenvalue weighted by Gasteiger charge is -2.38. The van der Waals surface area contributed by atoms with Gasteiger partial charge in [0.1, 0.15) is 5.03 Å². The van der Waals surface area contributed by atoms with Gasteiger partial charge in [0.2, 0.25) is 0 Å². The number of likely N-dealkylation sites (N-methyl/N-ethyl adjacent to an activating group) is 1. The van der Waals surface area contributed by atoms with Crippen molar-refractivity contribution >= 4 is 11.8 Å². The van der Waals surface area contributed by atoms with Crippen LogP contribution >= 0.6 is 11.8 Å². The summed E-state index contributed by atoms with van der Waals surface area (Å²) < 4.78 is 0. The van der Waals surface area contributed by atoms with Crippen LogP contribution in [-0.2, 0) is 6.42 Å². The molecule has 3 heterocycles. The summed E-state index contributed by atoms with van der Waals surface area (Å²) in [7, 11) is 2.23. The molecule has 1 aromatic heterocycles. The first-order chi connectivity index (χ1) is 12.1. The Balaban J connectivity index is 1.77. The Morgan fingerprint density at radius 2 is 1.92 bits per heavy atom. The minimum Gasteiger partial charge on any atom is -0.304 e. The Morgan fingerprint density at radius 1 is 1.12 bits per heavy atom. The van der Waals surface area contributed by atoms with E-state index >= 15 is 0 Å². The second kappa shape index (κ2) is 7.10. The van der Waals surface area contributed by atoms with Crippen LogP contribution in [0, 0.1) is 0 Å². The Morgan fingerprint density at radius 3 is 2.68 bits per heavy atom. The molecule has 3 nitrogen and oxygen atoms in total. The zero-order chi connectivity index (χ0) is 17.4. The predicted molar refractivity (Wildman–Crippen MR) is 104 cm³/mol. The van der Waals surface area contributed by atoms with Crippen molar-refractivity contribution < 1.29 is 0 Å². The molecule has 1 atom stereocenters. The maximum Gasteiger partial charge on any atom is 0.104 e. The smallest absolute Gasteiger partial charge is 0.104 e. The Bertz CT molecular complexity index is 751. The lowest BCUT2D eigenvalue weighted by Crippen LogP contribution is -2.46. The van der Waals surface area contributed by atoms with Crippen molar-refractivity contribution in [3.63, 3.8) is 0 Å². The van der Waals surface area contributed by atoms with Crippen molar-refractivity contribution in [1.29, 1.82) is 0 Å². The van der Waals surface area contributed by atoms with Gasteiger partial charge in [-0.2, -0.15) is 0 Å². The van der Waals surface area contributed by atoms with Crippen molar-refractivity contribution in [1.82, 2.24) is 14.8 Å². The Hall–Kier alpha value is -1.36. The molecule has 1 fully saturated rings. The minimum atomic E-state index is 0.459. The fourth-order valence-corrected chi connectivity index (χ4v) is 4.89. The van der Waals surface area contributed by atoms with Crippen LogP contribution in [0.15, 0.2) is 46.5 Å². The first-order valence-corrected chi connectivity index (χ1v) is 10.1. The lowest BCUT2D eigenvalue weighted by molar-refractivity contribution is 0.109. The molecule has 2 aromatic rings. The third-order valence-electron chi connectivity index (χ3n) is 5.51. The predicted octanol–water partition coefficient (Wildman–Crippen LogP) is 4.20. The van der Waals surface area contributed by atoms with E-state index in [9.17, 15) is 0 Å². The van der Waals surface area contributed by atoms with Gasteiger partial charge in [0.25, 0.3) is 0 Å². The molecule has 0 amide bonds. The van der Waals surface area contributed by atoms with Crippen LogP contribution in [0.4, 0.5) is 0 Å². The highest BCUT2D eigenvalue weighted by Crippen LogP contribution is 2.43. The second-order valence-corrected chi connectivity index (χ2v) is 8.61. The lowest BCUT2D eigenvalue weighted by atomic mass is 9.93. The third kappa shape index (κ3) is 3.48. The van der Waals surface area contributed by atoms with Crippen LogP contribution in [0.2, 0.25) is 0 Å². The number of aromatic nitrogens is 1. The number of hydrogen-bond acceptors (Lipinski definition) is 4. The number of hydrogen-bond donors (Lipinski definition) is 0. The summed E-state index contributed by atoms with van der Waals surface area (Å²) in [5.74, 6) is 0.562. The minimum absolute atomic E-state index is 0.459. The molecule has 1 saturated heterocycles. The van der Waals surface area contributed by atoms with Crippen molar-refractivity contribution in [2.45, 2.75) is 42.1 Å². The van der Waals surface area contributed by atoms with Crippen LogP contribution in [-0.4, -0.2) is 48.0 Å². The average Bonchev–Trinajstić information content (AvgIpc) is 2.78. The van der Waals surface area contributed by atoms with Gasteiger partial charge in [-0.15, -0.1) is 0 Å². The molecule has 2 aliphatic rings. The van der Waals surface area contributed by atoms with Crippen LogP contribution in [0.3, 0.4) is 0 Å². The van der Waals surface area contributed by atoms with Crippen molar-refractivity contribution in [2.24, 2.45) is 0 Å². The number of pyridine rings is 1. The number of nitrogens with zero attached hydrogens (tertiary/aromatic N) is 3. The van der Waals surface area contributed by atoms with Gasteiger partial charge >= 0.3 is 0 Å². The maximum atomic E-state index is 4.66. The van der Waals surface area contributed by atoms with Crippen molar-refractivity contribution in [3.8, 4) is 0 Å². The SMILES string of the molecule is CC(C)c1ccc2c(c1)[C@H](N1CCN(C)CC1)Cc1cccnc1S2.